The molecule has 2 N–H and O–H groups in total. The van der Waals surface area contributed by atoms with Crippen molar-refractivity contribution in [3.63, 3.8) is 0 Å². The number of carbonyl (C=O) groups excluding carboxylic acids is 4. The smallest absolute Gasteiger partial charge is 0.315 e. The summed E-state index contributed by atoms with van der Waals surface area (Å²) in [5.74, 6) is -5.23. The summed E-state index contributed by atoms with van der Waals surface area (Å²) in [5, 5.41) is 18.8. The molecule has 3 fully saturated rings. The van der Waals surface area contributed by atoms with Crippen molar-refractivity contribution in [3.8, 4) is 0 Å². The number of carboxylic acid groups (broad SMARTS) is 2. The first-order valence-corrected chi connectivity index (χ1v) is 16.3. The predicted molar refractivity (Wildman–Crippen MR) is 162 cm³/mol. The van der Waals surface area contributed by atoms with Gasteiger partial charge in [-0.1, -0.05) is 33.6 Å². The van der Waals surface area contributed by atoms with Gasteiger partial charge in [0.15, 0.2) is 0 Å². The molecule has 0 aromatic heterocycles. The van der Waals surface area contributed by atoms with E-state index in [1.807, 2.05) is 13.8 Å². The van der Waals surface area contributed by atoms with Crippen LogP contribution >= 0.6 is 0 Å². The second kappa shape index (κ2) is 16.6. The number of rotatable bonds is 14. The number of esters is 4. The molecule has 2 bridgehead atoms. The largest absolute Gasteiger partial charge is 0.481 e. The maximum Gasteiger partial charge on any atom is 0.315 e. The first-order chi connectivity index (χ1) is 21.5. The maximum atomic E-state index is 12.6. The Morgan fingerprint density at radius 2 is 1.30 bits per heavy atom. The van der Waals surface area contributed by atoms with Gasteiger partial charge >= 0.3 is 35.8 Å². The van der Waals surface area contributed by atoms with Gasteiger partial charge in [-0.2, -0.15) is 0 Å². The number of carbonyl (C=O) groups is 6. The van der Waals surface area contributed by atoms with Gasteiger partial charge in [-0.05, 0) is 66.2 Å². The van der Waals surface area contributed by atoms with Crippen LogP contribution in [0.3, 0.4) is 0 Å². The summed E-state index contributed by atoms with van der Waals surface area (Å²) in [6.07, 6.45) is 4.37. The van der Waals surface area contributed by atoms with Gasteiger partial charge in [-0.15, -0.1) is 0 Å². The molecule has 46 heavy (non-hydrogen) atoms. The SMILES string of the molecule is CCC(C)(C)C(=O)OCCOC(=O)C1CCCCC1C(=O)O.CCC(C)C(=O)OCCOC(=O)C1(C)C2CCC(O2)C1(C)C(=O)O. The minimum atomic E-state index is -1.32. The van der Waals surface area contributed by atoms with Gasteiger partial charge in [0.1, 0.15) is 37.3 Å². The Morgan fingerprint density at radius 3 is 1.85 bits per heavy atom. The zero-order valence-corrected chi connectivity index (χ0v) is 28.3. The molecule has 0 spiro atoms. The molecule has 13 nitrogen and oxygen atoms in total. The van der Waals surface area contributed by atoms with Crippen molar-refractivity contribution in [1.29, 1.82) is 0 Å². The molecule has 13 heteroatoms. The quantitative estimate of drug-likeness (QED) is 0.154. The highest BCUT2D eigenvalue weighted by atomic mass is 16.6. The molecule has 0 aromatic carbocycles. The fourth-order valence-electron chi connectivity index (χ4n) is 6.03. The van der Waals surface area contributed by atoms with Gasteiger partial charge in [-0.3, -0.25) is 28.8 Å². The van der Waals surface area contributed by atoms with Gasteiger partial charge in [0.05, 0.1) is 35.4 Å². The highest BCUT2D eigenvalue weighted by Crippen LogP contribution is 2.60. The number of ether oxygens (including phenoxy) is 5. The molecule has 1 aliphatic carbocycles. The van der Waals surface area contributed by atoms with Crippen molar-refractivity contribution in [3.05, 3.63) is 0 Å². The molecule has 262 valence electrons. The standard InChI is InChI=1S/C17H26O7.C16H26O6/c1-5-10(2)13(18)22-8-9-23-15(21)17(4)12-7-6-11(24-12)16(17,3)14(19)20;1-4-16(2,3)15(20)22-10-9-21-14(19)12-8-6-5-7-11(12)13(17)18/h10-12H,5-9H2,1-4H3,(H,19,20);11-12H,4-10H2,1-3H3,(H,17,18). The molecule has 7 unspecified atom stereocenters. The van der Waals surface area contributed by atoms with Gasteiger partial charge in [0.2, 0.25) is 0 Å². The Balaban J connectivity index is 0.000000322. The van der Waals surface area contributed by atoms with Crippen LogP contribution in [0, 0.1) is 34.0 Å². The lowest BCUT2D eigenvalue weighted by Crippen LogP contribution is -2.56. The van der Waals surface area contributed by atoms with Crippen molar-refractivity contribution < 1.29 is 62.7 Å². The van der Waals surface area contributed by atoms with Crippen LogP contribution in [0.2, 0.25) is 0 Å². The Kier molecular flexibility index (Phi) is 14.0. The zero-order chi connectivity index (χ0) is 34.9. The van der Waals surface area contributed by atoms with E-state index >= 15 is 0 Å². The van der Waals surface area contributed by atoms with Crippen LogP contribution in [0.1, 0.15) is 99.8 Å². The normalized spacial score (nSPS) is 29.0. The first kappa shape index (κ1) is 39.0. The van der Waals surface area contributed by atoms with E-state index in [-0.39, 0.29) is 44.3 Å². The molecule has 0 amide bonds. The van der Waals surface area contributed by atoms with Crippen molar-refractivity contribution in [2.75, 3.05) is 26.4 Å². The second-order valence-corrected chi connectivity index (χ2v) is 13.4. The third-order valence-corrected chi connectivity index (χ3v) is 10.2. The van der Waals surface area contributed by atoms with Crippen molar-refractivity contribution >= 4 is 35.8 Å². The van der Waals surface area contributed by atoms with Gasteiger partial charge in [0, 0.05) is 0 Å². The van der Waals surface area contributed by atoms with Crippen LogP contribution in [-0.4, -0.2) is 84.7 Å². The minimum absolute atomic E-state index is 0.00153. The maximum absolute atomic E-state index is 12.6. The van der Waals surface area contributed by atoms with Crippen molar-refractivity contribution in [1.82, 2.24) is 0 Å². The first-order valence-electron chi connectivity index (χ1n) is 16.3. The summed E-state index contributed by atoms with van der Waals surface area (Å²) in [5.41, 5.74) is -3.12. The second-order valence-electron chi connectivity index (χ2n) is 13.4. The van der Waals surface area contributed by atoms with Gasteiger partial charge in [-0.25, -0.2) is 0 Å². The summed E-state index contributed by atoms with van der Waals surface area (Å²) >= 11 is 0. The summed E-state index contributed by atoms with van der Waals surface area (Å²) in [7, 11) is 0. The molecular weight excluding hydrogens is 604 g/mol. The third kappa shape index (κ3) is 8.57. The van der Waals surface area contributed by atoms with Crippen molar-refractivity contribution in [2.45, 2.75) is 112 Å². The molecule has 1 saturated carbocycles. The average molecular weight is 657 g/mol. The average Bonchev–Trinajstić information content (AvgIpc) is 3.61. The molecule has 7 atom stereocenters. The monoisotopic (exact) mass is 656 g/mol. The lowest BCUT2D eigenvalue weighted by atomic mass is 9.57. The van der Waals surface area contributed by atoms with Crippen LogP contribution in [0.15, 0.2) is 0 Å². The summed E-state index contributed by atoms with van der Waals surface area (Å²) in [4.78, 5) is 70.9. The van der Waals surface area contributed by atoms with E-state index in [1.54, 1.807) is 34.6 Å². The summed E-state index contributed by atoms with van der Waals surface area (Å²) in [6, 6.07) is 0. The highest BCUT2D eigenvalue weighted by Gasteiger charge is 2.72. The Hall–Kier alpha value is -3.22. The number of hydrogen-bond acceptors (Lipinski definition) is 11. The lowest BCUT2D eigenvalue weighted by Gasteiger charge is -2.41. The van der Waals surface area contributed by atoms with E-state index in [0.717, 1.165) is 12.8 Å². The van der Waals surface area contributed by atoms with E-state index < -0.39 is 64.2 Å². The number of aliphatic carboxylic acids is 2. The number of hydrogen-bond donors (Lipinski definition) is 2. The van der Waals surface area contributed by atoms with E-state index in [1.165, 1.54) is 0 Å². The van der Waals surface area contributed by atoms with Crippen LogP contribution in [0.4, 0.5) is 0 Å². The molecule has 3 aliphatic rings. The molecule has 2 aliphatic heterocycles. The van der Waals surface area contributed by atoms with Crippen molar-refractivity contribution in [2.24, 2.45) is 34.0 Å². The van der Waals surface area contributed by atoms with E-state index in [4.69, 9.17) is 28.8 Å². The Labute approximate surface area is 271 Å². The van der Waals surface area contributed by atoms with E-state index in [2.05, 4.69) is 0 Å². The molecule has 2 heterocycles. The van der Waals surface area contributed by atoms with Gasteiger partial charge in [0.25, 0.3) is 0 Å². The summed E-state index contributed by atoms with van der Waals surface area (Å²) < 4.78 is 26.1. The Morgan fingerprint density at radius 1 is 0.783 bits per heavy atom. The molecular formula is C33H52O13. The molecule has 2 saturated heterocycles. The minimum Gasteiger partial charge on any atom is -0.481 e. The van der Waals surface area contributed by atoms with Crippen LogP contribution in [0.25, 0.3) is 0 Å². The third-order valence-electron chi connectivity index (χ3n) is 10.2. The lowest BCUT2D eigenvalue weighted by molar-refractivity contribution is -0.177. The van der Waals surface area contributed by atoms with Gasteiger partial charge < -0.3 is 33.9 Å². The van der Waals surface area contributed by atoms with Crippen LogP contribution < -0.4 is 0 Å². The topological polar surface area (TPSA) is 189 Å². The molecule has 0 radical (unpaired) electrons. The molecule has 3 rings (SSSR count). The fourth-order valence-corrected chi connectivity index (χ4v) is 6.03. The Bertz CT molecular complexity index is 1120. The highest BCUT2D eigenvalue weighted by molar-refractivity contribution is 5.89. The van der Waals surface area contributed by atoms with Crippen LogP contribution in [-0.2, 0) is 52.5 Å². The predicted octanol–water partition coefficient (Wildman–Crippen LogP) is 4.18. The van der Waals surface area contributed by atoms with E-state index in [0.29, 0.717) is 38.5 Å². The van der Waals surface area contributed by atoms with Crippen LogP contribution in [0.5, 0.6) is 0 Å². The number of carboxylic acids is 2. The summed E-state index contributed by atoms with van der Waals surface area (Å²) in [6.45, 7) is 12.1. The fraction of sp³-hybridized carbons (Fsp3) is 0.818. The molecule has 0 aromatic rings. The zero-order valence-electron chi connectivity index (χ0n) is 28.3. The van der Waals surface area contributed by atoms with E-state index in [9.17, 15) is 33.9 Å². The number of fused-ring (bicyclic) bond motifs is 2.